The third kappa shape index (κ3) is 5.59. The molecular weight excluding hydrogens is 430 g/mol. The van der Waals surface area contributed by atoms with E-state index in [1.807, 2.05) is 54.6 Å². The molecule has 1 amide bonds. The minimum absolute atomic E-state index is 0.202. The lowest BCUT2D eigenvalue weighted by Gasteiger charge is -2.34. The SMILES string of the molecule is CN1CCN(c2ccc(NC(=O)C3=C(N(C)CC(O)c4ccccc4)C=CNC3O)cc2)CC1. The van der Waals surface area contributed by atoms with Gasteiger partial charge in [0.1, 0.15) is 0 Å². The Labute approximate surface area is 200 Å². The van der Waals surface area contributed by atoms with Crippen molar-refractivity contribution in [3.63, 3.8) is 0 Å². The standard InChI is InChI=1S/C26H33N5O3/c1-29-14-16-31(17-15-29)21-10-8-20(9-11-21)28-26(34)24-22(12-13-27-25(24)33)30(2)18-23(32)19-6-4-3-5-7-19/h3-13,23,25,27,32-33H,14-18H2,1-2H3,(H,28,34). The van der Waals surface area contributed by atoms with Crippen molar-refractivity contribution < 1.29 is 15.0 Å². The van der Waals surface area contributed by atoms with E-state index in [-0.39, 0.29) is 12.1 Å². The van der Waals surface area contributed by atoms with Crippen molar-refractivity contribution >= 4 is 17.3 Å². The lowest BCUT2D eigenvalue weighted by Crippen LogP contribution is -2.44. The van der Waals surface area contributed by atoms with Crippen LogP contribution in [0.25, 0.3) is 0 Å². The number of aliphatic hydroxyl groups excluding tert-OH is 2. The van der Waals surface area contributed by atoms with Crippen molar-refractivity contribution in [3.8, 4) is 0 Å². The molecule has 0 aromatic heterocycles. The first kappa shape index (κ1) is 23.8. The lowest BCUT2D eigenvalue weighted by molar-refractivity contribution is -0.114. The summed E-state index contributed by atoms with van der Waals surface area (Å²) in [5.74, 6) is -0.396. The molecule has 0 aliphatic carbocycles. The molecule has 2 aromatic rings. The van der Waals surface area contributed by atoms with Crippen LogP contribution in [0.2, 0.25) is 0 Å². The van der Waals surface area contributed by atoms with Crippen molar-refractivity contribution in [2.45, 2.75) is 12.3 Å². The molecule has 0 spiro atoms. The van der Waals surface area contributed by atoms with E-state index >= 15 is 0 Å². The van der Waals surface area contributed by atoms with Crippen molar-refractivity contribution in [3.05, 3.63) is 83.7 Å². The molecular formula is C26H33N5O3. The summed E-state index contributed by atoms with van der Waals surface area (Å²) >= 11 is 0. The molecule has 2 unspecified atom stereocenters. The molecule has 2 aromatic carbocycles. The zero-order valence-electron chi connectivity index (χ0n) is 19.7. The number of amides is 1. The Morgan fingerprint density at radius 3 is 2.47 bits per heavy atom. The molecule has 0 radical (unpaired) electrons. The maximum Gasteiger partial charge on any atom is 0.258 e. The quantitative estimate of drug-likeness (QED) is 0.497. The minimum Gasteiger partial charge on any atom is -0.387 e. The molecule has 4 rings (SSSR count). The summed E-state index contributed by atoms with van der Waals surface area (Å²) in [7, 11) is 3.92. The average Bonchev–Trinajstić information content (AvgIpc) is 2.85. The van der Waals surface area contributed by atoms with E-state index in [1.165, 1.54) is 0 Å². The Morgan fingerprint density at radius 2 is 1.79 bits per heavy atom. The van der Waals surface area contributed by atoms with Gasteiger partial charge in [0.2, 0.25) is 0 Å². The molecule has 180 valence electrons. The summed E-state index contributed by atoms with van der Waals surface area (Å²) < 4.78 is 0. The third-order valence-corrected chi connectivity index (χ3v) is 6.33. The van der Waals surface area contributed by atoms with E-state index in [0.717, 1.165) is 37.4 Å². The maximum atomic E-state index is 13.2. The van der Waals surface area contributed by atoms with Crippen LogP contribution in [0.5, 0.6) is 0 Å². The van der Waals surface area contributed by atoms with E-state index < -0.39 is 18.2 Å². The first-order valence-corrected chi connectivity index (χ1v) is 11.6. The molecule has 8 heteroatoms. The number of hydrogen-bond donors (Lipinski definition) is 4. The Balaban J connectivity index is 1.46. The fraction of sp³-hybridized carbons (Fsp3) is 0.346. The number of piperazine rings is 1. The molecule has 34 heavy (non-hydrogen) atoms. The summed E-state index contributed by atoms with van der Waals surface area (Å²) in [6, 6.07) is 17.1. The van der Waals surface area contributed by atoms with Gasteiger partial charge >= 0.3 is 0 Å². The van der Waals surface area contributed by atoms with Gasteiger partial charge in [0.25, 0.3) is 5.91 Å². The second kappa shape index (κ2) is 10.7. The van der Waals surface area contributed by atoms with E-state index in [4.69, 9.17) is 0 Å². The van der Waals surface area contributed by atoms with Gasteiger partial charge in [0.05, 0.1) is 17.4 Å². The van der Waals surface area contributed by atoms with Crippen LogP contribution < -0.4 is 15.5 Å². The van der Waals surface area contributed by atoms with Gasteiger partial charge in [-0.3, -0.25) is 4.79 Å². The number of hydrogen-bond acceptors (Lipinski definition) is 7. The minimum atomic E-state index is -1.15. The predicted molar refractivity (Wildman–Crippen MR) is 134 cm³/mol. The highest BCUT2D eigenvalue weighted by atomic mass is 16.3. The van der Waals surface area contributed by atoms with E-state index in [9.17, 15) is 15.0 Å². The maximum absolute atomic E-state index is 13.2. The number of likely N-dealkylation sites (N-methyl/N-ethyl adjacent to an activating group) is 2. The Bertz CT molecular complexity index is 1030. The molecule has 1 fully saturated rings. The zero-order chi connectivity index (χ0) is 24.1. The van der Waals surface area contributed by atoms with Crippen molar-refractivity contribution in [2.24, 2.45) is 0 Å². The second-order valence-corrected chi connectivity index (χ2v) is 8.80. The number of aliphatic hydroxyl groups is 2. The van der Waals surface area contributed by atoms with E-state index in [2.05, 4.69) is 27.5 Å². The van der Waals surface area contributed by atoms with E-state index in [0.29, 0.717) is 11.4 Å². The van der Waals surface area contributed by atoms with Gasteiger partial charge in [-0.15, -0.1) is 0 Å². The highest BCUT2D eigenvalue weighted by Gasteiger charge is 2.27. The largest absolute Gasteiger partial charge is 0.387 e. The molecule has 0 saturated carbocycles. The normalized spacial score (nSPS) is 19.5. The smallest absolute Gasteiger partial charge is 0.258 e. The van der Waals surface area contributed by atoms with Crippen LogP contribution in [-0.2, 0) is 4.79 Å². The van der Waals surface area contributed by atoms with Gasteiger partial charge in [0, 0.05) is 57.3 Å². The monoisotopic (exact) mass is 463 g/mol. The second-order valence-electron chi connectivity index (χ2n) is 8.80. The number of nitrogens with one attached hydrogen (secondary N) is 2. The summed E-state index contributed by atoms with van der Waals surface area (Å²) in [6.07, 6.45) is 1.45. The van der Waals surface area contributed by atoms with Gasteiger partial charge in [-0.25, -0.2) is 0 Å². The van der Waals surface area contributed by atoms with Crippen LogP contribution in [0.4, 0.5) is 11.4 Å². The Kier molecular flexibility index (Phi) is 7.52. The average molecular weight is 464 g/mol. The van der Waals surface area contributed by atoms with Crippen LogP contribution >= 0.6 is 0 Å². The number of anilines is 2. The number of carbonyl (C=O) groups excluding carboxylic acids is 1. The van der Waals surface area contributed by atoms with Crippen LogP contribution in [0.15, 0.2) is 78.1 Å². The van der Waals surface area contributed by atoms with Crippen LogP contribution in [-0.4, -0.2) is 79.0 Å². The summed E-state index contributed by atoms with van der Waals surface area (Å²) in [5, 5.41) is 26.8. The molecule has 2 aliphatic rings. The first-order chi connectivity index (χ1) is 16.4. The topological polar surface area (TPSA) is 91.3 Å². The van der Waals surface area contributed by atoms with Crippen LogP contribution in [0.1, 0.15) is 11.7 Å². The van der Waals surface area contributed by atoms with Crippen molar-refractivity contribution in [1.82, 2.24) is 15.1 Å². The van der Waals surface area contributed by atoms with E-state index in [1.54, 1.807) is 24.2 Å². The molecule has 0 bridgehead atoms. The van der Waals surface area contributed by atoms with Crippen LogP contribution in [0, 0.1) is 0 Å². The molecule has 4 N–H and O–H groups in total. The number of rotatable bonds is 7. The van der Waals surface area contributed by atoms with Crippen molar-refractivity contribution in [1.29, 1.82) is 0 Å². The third-order valence-electron chi connectivity index (χ3n) is 6.33. The van der Waals surface area contributed by atoms with Gasteiger partial charge in [0.15, 0.2) is 6.23 Å². The highest BCUT2D eigenvalue weighted by molar-refractivity contribution is 6.05. The Morgan fingerprint density at radius 1 is 1.12 bits per heavy atom. The summed E-state index contributed by atoms with van der Waals surface area (Å²) in [5.41, 5.74) is 3.33. The molecule has 2 heterocycles. The number of allylic oxidation sites excluding steroid dienone is 1. The number of carbonyl (C=O) groups is 1. The number of benzene rings is 2. The zero-order valence-corrected chi connectivity index (χ0v) is 19.7. The van der Waals surface area contributed by atoms with Gasteiger partial charge < -0.3 is 35.5 Å². The lowest BCUT2D eigenvalue weighted by atomic mass is 10.1. The molecule has 1 saturated heterocycles. The van der Waals surface area contributed by atoms with Crippen LogP contribution in [0.3, 0.4) is 0 Å². The number of dihydropyridines is 1. The molecule has 2 atom stereocenters. The predicted octanol–water partition coefficient (Wildman–Crippen LogP) is 1.73. The highest BCUT2D eigenvalue weighted by Crippen LogP contribution is 2.24. The van der Waals surface area contributed by atoms with Gasteiger partial charge in [-0.2, -0.15) is 0 Å². The molecule has 8 nitrogen and oxygen atoms in total. The Hall–Kier alpha value is -3.33. The summed E-state index contributed by atoms with van der Waals surface area (Å²) in [4.78, 5) is 19.6. The van der Waals surface area contributed by atoms with Crippen molar-refractivity contribution in [2.75, 3.05) is 57.0 Å². The summed E-state index contributed by atoms with van der Waals surface area (Å²) in [6.45, 7) is 4.28. The number of nitrogens with zero attached hydrogens (tertiary/aromatic N) is 3. The fourth-order valence-corrected chi connectivity index (χ4v) is 4.26. The van der Waals surface area contributed by atoms with Gasteiger partial charge in [-0.05, 0) is 43.0 Å². The fourth-order valence-electron chi connectivity index (χ4n) is 4.26. The molecule has 2 aliphatic heterocycles. The first-order valence-electron chi connectivity index (χ1n) is 11.6. The van der Waals surface area contributed by atoms with Gasteiger partial charge in [-0.1, -0.05) is 30.3 Å².